The fourth-order valence-corrected chi connectivity index (χ4v) is 2.35. The summed E-state index contributed by atoms with van der Waals surface area (Å²) in [6.07, 6.45) is 14.8. The van der Waals surface area contributed by atoms with Crippen molar-refractivity contribution in [1.82, 2.24) is 0 Å². The van der Waals surface area contributed by atoms with E-state index in [2.05, 4.69) is 12.2 Å². The van der Waals surface area contributed by atoms with Gasteiger partial charge in [0.2, 0.25) is 5.78 Å². The molecule has 0 aliphatic heterocycles. The van der Waals surface area contributed by atoms with Gasteiger partial charge in [-0.15, -0.1) is 0 Å². The highest BCUT2D eigenvalue weighted by Gasteiger charge is 2.19. The molecule has 18 heavy (non-hydrogen) atoms. The van der Waals surface area contributed by atoms with E-state index in [1.165, 1.54) is 32.1 Å². The van der Waals surface area contributed by atoms with Crippen LogP contribution < -0.4 is 0 Å². The van der Waals surface area contributed by atoms with Crippen LogP contribution >= 0.6 is 0 Å². The SMILES string of the molecule is CC1C/C=C\CCCCCCCCCC(=O)C1=O. The standard InChI is InChI=1S/C16H26O2/c1-14-12-10-8-6-4-2-3-5-7-9-11-13-15(17)16(14)18/h8,10,14H,2-7,9,11-13H2,1H3/b10-8-. The lowest BCUT2D eigenvalue weighted by molar-refractivity contribution is -0.138. The minimum atomic E-state index is -0.172. The van der Waals surface area contributed by atoms with Gasteiger partial charge in [0, 0.05) is 12.3 Å². The van der Waals surface area contributed by atoms with E-state index < -0.39 is 0 Å². The van der Waals surface area contributed by atoms with Crippen LogP contribution in [0, 0.1) is 5.92 Å². The zero-order valence-corrected chi connectivity index (χ0v) is 11.6. The Balaban J connectivity index is 2.46. The molecule has 0 heterocycles. The summed E-state index contributed by atoms with van der Waals surface area (Å²) in [5, 5.41) is 0. The third-order valence-electron chi connectivity index (χ3n) is 3.65. The highest BCUT2D eigenvalue weighted by atomic mass is 16.2. The van der Waals surface area contributed by atoms with Crippen LogP contribution in [0.2, 0.25) is 0 Å². The van der Waals surface area contributed by atoms with Crippen molar-refractivity contribution in [3.8, 4) is 0 Å². The van der Waals surface area contributed by atoms with Gasteiger partial charge in [-0.25, -0.2) is 0 Å². The van der Waals surface area contributed by atoms with Gasteiger partial charge in [0.15, 0.2) is 5.78 Å². The number of rotatable bonds is 0. The molecule has 0 fully saturated rings. The number of hydrogen-bond donors (Lipinski definition) is 0. The monoisotopic (exact) mass is 250 g/mol. The molecule has 0 spiro atoms. The van der Waals surface area contributed by atoms with Crippen molar-refractivity contribution in [2.24, 2.45) is 5.92 Å². The first-order chi connectivity index (χ1) is 8.72. The van der Waals surface area contributed by atoms with E-state index in [0.717, 1.165) is 19.3 Å². The zero-order valence-electron chi connectivity index (χ0n) is 11.6. The Morgan fingerprint density at radius 1 is 0.889 bits per heavy atom. The summed E-state index contributed by atoms with van der Waals surface area (Å²) in [6.45, 7) is 1.86. The average molecular weight is 250 g/mol. The minimum absolute atomic E-state index is 0.140. The molecule has 0 amide bonds. The molecule has 0 aromatic heterocycles. The molecule has 0 aromatic carbocycles. The first-order valence-electron chi connectivity index (χ1n) is 7.44. The molecule has 2 heteroatoms. The molecule has 0 saturated carbocycles. The summed E-state index contributed by atoms with van der Waals surface area (Å²) in [4.78, 5) is 23.5. The summed E-state index contributed by atoms with van der Waals surface area (Å²) >= 11 is 0. The molecule has 2 nitrogen and oxygen atoms in total. The fraction of sp³-hybridized carbons (Fsp3) is 0.750. The van der Waals surface area contributed by atoms with E-state index in [0.29, 0.717) is 12.8 Å². The van der Waals surface area contributed by atoms with Gasteiger partial charge in [0.1, 0.15) is 0 Å². The normalized spacial score (nSPS) is 27.3. The van der Waals surface area contributed by atoms with Crippen LogP contribution in [0.3, 0.4) is 0 Å². The number of carbonyl (C=O) groups is 2. The topological polar surface area (TPSA) is 34.1 Å². The van der Waals surface area contributed by atoms with Crippen molar-refractivity contribution in [2.45, 2.75) is 71.1 Å². The first kappa shape index (κ1) is 15.1. The van der Waals surface area contributed by atoms with Crippen LogP contribution in [0.1, 0.15) is 71.1 Å². The Morgan fingerprint density at radius 2 is 1.50 bits per heavy atom. The van der Waals surface area contributed by atoms with Crippen molar-refractivity contribution in [2.75, 3.05) is 0 Å². The van der Waals surface area contributed by atoms with Gasteiger partial charge in [-0.05, 0) is 25.7 Å². The van der Waals surface area contributed by atoms with E-state index in [-0.39, 0.29) is 17.5 Å². The van der Waals surface area contributed by atoms with Gasteiger partial charge in [0.05, 0.1) is 0 Å². The van der Waals surface area contributed by atoms with Crippen LogP contribution in [0.25, 0.3) is 0 Å². The van der Waals surface area contributed by atoms with Crippen molar-refractivity contribution >= 4 is 11.6 Å². The second-order valence-corrected chi connectivity index (χ2v) is 5.41. The molecule has 1 unspecified atom stereocenters. The first-order valence-corrected chi connectivity index (χ1v) is 7.44. The fourth-order valence-electron chi connectivity index (χ4n) is 2.35. The largest absolute Gasteiger partial charge is 0.291 e. The highest BCUT2D eigenvalue weighted by Crippen LogP contribution is 2.13. The summed E-state index contributed by atoms with van der Waals surface area (Å²) < 4.78 is 0. The van der Waals surface area contributed by atoms with Crippen molar-refractivity contribution in [3.63, 3.8) is 0 Å². The minimum Gasteiger partial charge on any atom is -0.291 e. The summed E-state index contributed by atoms with van der Waals surface area (Å²) in [5.74, 6) is -0.473. The van der Waals surface area contributed by atoms with Gasteiger partial charge in [-0.2, -0.15) is 0 Å². The molecule has 1 aliphatic rings. The van der Waals surface area contributed by atoms with Crippen molar-refractivity contribution in [3.05, 3.63) is 12.2 Å². The van der Waals surface area contributed by atoms with E-state index in [9.17, 15) is 9.59 Å². The van der Waals surface area contributed by atoms with Gasteiger partial charge >= 0.3 is 0 Å². The van der Waals surface area contributed by atoms with E-state index >= 15 is 0 Å². The molecule has 0 N–H and O–H groups in total. The maximum absolute atomic E-state index is 11.8. The highest BCUT2D eigenvalue weighted by molar-refractivity contribution is 6.37. The molecular weight excluding hydrogens is 224 g/mol. The van der Waals surface area contributed by atoms with E-state index in [1.807, 2.05) is 6.92 Å². The third-order valence-corrected chi connectivity index (χ3v) is 3.65. The third kappa shape index (κ3) is 6.13. The van der Waals surface area contributed by atoms with E-state index in [1.54, 1.807) is 0 Å². The second kappa shape index (κ2) is 9.07. The number of ketones is 2. The Bertz CT molecular complexity index is 291. The summed E-state index contributed by atoms with van der Waals surface area (Å²) in [7, 11) is 0. The second-order valence-electron chi connectivity index (χ2n) is 5.41. The number of allylic oxidation sites excluding steroid dienone is 2. The van der Waals surface area contributed by atoms with Crippen LogP contribution in [-0.4, -0.2) is 11.6 Å². The van der Waals surface area contributed by atoms with Gasteiger partial charge in [-0.3, -0.25) is 9.59 Å². The molecule has 0 radical (unpaired) electrons. The van der Waals surface area contributed by atoms with Crippen molar-refractivity contribution < 1.29 is 9.59 Å². The lowest BCUT2D eigenvalue weighted by Crippen LogP contribution is -2.21. The number of carbonyl (C=O) groups excluding carboxylic acids is 2. The van der Waals surface area contributed by atoms with Crippen LogP contribution in [0.5, 0.6) is 0 Å². The van der Waals surface area contributed by atoms with Gasteiger partial charge < -0.3 is 0 Å². The number of Topliss-reactive ketones (excluding diaryl/α,β-unsaturated/α-hetero) is 2. The quantitative estimate of drug-likeness (QED) is 0.476. The lowest BCUT2D eigenvalue weighted by atomic mass is 9.96. The molecule has 0 saturated heterocycles. The predicted molar refractivity (Wildman–Crippen MR) is 74.5 cm³/mol. The molecule has 0 aromatic rings. The predicted octanol–water partition coefficient (Wildman–Crippen LogP) is 4.23. The lowest BCUT2D eigenvalue weighted by Gasteiger charge is -2.06. The Hall–Kier alpha value is -0.920. The molecule has 1 rings (SSSR count). The molecule has 102 valence electrons. The summed E-state index contributed by atoms with van der Waals surface area (Å²) in [6, 6.07) is 0. The molecule has 0 bridgehead atoms. The smallest absolute Gasteiger partial charge is 0.201 e. The molecule has 1 atom stereocenters. The molecular formula is C16H26O2. The Morgan fingerprint density at radius 3 is 2.22 bits per heavy atom. The van der Waals surface area contributed by atoms with Gasteiger partial charge in [0.25, 0.3) is 0 Å². The van der Waals surface area contributed by atoms with Gasteiger partial charge in [-0.1, -0.05) is 51.2 Å². The van der Waals surface area contributed by atoms with Crippen molar-refractivity contribution in [1.29, 1.82) is 0 Å². The Kier molecular flexibility index (Phi) is 7.63. The van der Waals surface area contributed by atoms with Crippen LogP contribution in [-0.2, 0) is 9.59 Å². The zero-order chi connectivity index (χ0) is 13.2. The molecule has 1 aliphatic carbocycles. The maximum Gasteiger partial charge on any atom is 0.201 e. The average Bonchev–Trinajstić information content (AvgIpc) is 2.38. The van der Waals surface area contributed by atoms with Crippen LogP contribution in [0.4, 0.5) is 0 Å². The summed E-state index contributed by atoms with van der Waals surface area (Å²) in [5.41, 5.74) is 0. The Labute approximate surface area is 111 Å². The van der Waals surface area contributed by atoms with E-state index in [4.69, 9.17) is 0 Å². The maximum atomic E-state index is 11.8. The van der Waals surface area contributed by atoms with Crippen LogP contribution in [0.15, 0.2) is 12.2 Å². The number of hydrogen-bond acceptors (Lipinski definition) is 2.